The van der Waals surface area contributed by atoms with Crippen molar-refractivity contribution in [1.82, 2.24) is 4.90 Å². The summed E-state index contributed by atoms with van der Waals surface area (Å²) in [6.45, 7) is 4.87. The van der Waals surface area contributed by atoms with E-state index in [2.05, 4.69) is 27.7 Å². The highest BCUT2D eigenvalue weighted by Gasteiger charge is 2.65. The lowest BCUT2D eigenvalue weighted by atomic mass is 9.77. The molecule has 3 aliphatic heterocycles. The van der Waals surface area contributed by atoms with E-state index >= 15 is 0 Å². The lowest BCUT2D eigenvalue weighted by Crippen LogP contribution is -2.53. The van der Waals surface area contributed by atoms with Gasteiger partial charge in [-0.2, -0.15) is 0 Å². The number of hydrogen-bond donors (Lipinski definition) is 2. The average Bonchev–Trinajstić information content (AvgIpc) is 3.43. The summed E-state index contributed by atoms with van der Waals surface area (Å²) in [6.07, 6.45) is 2.69. The van der Waals surface area contributed by atoms with Crippen molar-refractivity contribution in [1.29, 1.82) is 0 Å². The number of rotatable bonds is 4. The second-order valence-electron chi connectivity index (χ2n) is 9.06. The third kappa shape index (κ3) is 2.84. The monoisotopic (exact) mass is 435 g/mol. The molecular weight excluding hydrogens is 406 g/mol. The first-order chi connectivity index (χ1) is 15.4. The number of anilines is 2. The van der Waals surface area contributed by atoms with Crippen molar-refractivity contribution in [2.45, 2.75) is 44.7 Å². The lowest BCUT2D eigenvalue weighted by molar-refractivity contribution is -0.135. The molecule has 5 rings (SSSR count). The van der Waals surface area contributed by atoms with E-state index in [1.165, 1.54) is 0 Å². The van der Waals surface area contributed by atoms with Crippen molar-refractivity contribution in [3.05, 3.63) is 47.0 Å². The Bertz CT molecular complexity index is 1110. The van der Waals surface area contributed by atoms with E-state index in [-0.39, 0.29) is 17.9 Å². The van der Waals surface area contributed by atoms with Gasteiger partial charge in [0.2, 0.25) is 11.8 Å². The van der Waals surface area contributed by atoms with Gasteiger partial charge in [-0.25, -0.2) is 0 Å². The molecule has 2 amide bonds. The van der Waals surface area contributed by atoms with Crippen LogP contribution in [0.5, 0.6) is 11.5 Å². The number of nitrogens with zero attached hydrogens (tertiary/aromatic N) is 1. The zero-order valence-electron chi connectivity index (χ0n) is 19.0. The maximum atomic E-state index is 13.8. The largest absolute Gasteiger partial charge is 0.497 e. The number of methoxy groups -OCH3 is 2. The smallest absolute Gasteiger partial charge is 0.250 e. The highest BCUT2D eigenvalue weighted by molar-refractivity contribution is 6.11. The van der Waals surface area contributed by atoms with Crippen LogP contribution in [0.1, 0.15) is 36.0 Å². The van der Waals surface area contributed by atoms with Crippen LogP contribution in [0.15, 0.2) is 30.3 Å². The maximum Gasteiger partial charge on any atom is 0.250 e. The molecule has 3 heterocycles. The minimum Gasteiger partial charge on any atom is -0.497 e. The minimum absolute atomic E-state index is 0.0941. The van der Waals surface area contributed by atoms with Gasteiger partial charge in [0.25, 0.3) is 0 Å². The summed E-state index contributed by atoms with van der Waals surface area (Å²) in [5.74, 6) is 0.398. The number of carbonyl (C=O) groups is 2. The SMILES string of the molecule is COc1ccc(OC)c(NC(=O)C2CC3CCCN3C23C(=O)Nc2c(C)cc(C)cc23)c1. The first-order valence-electron chi connectivity index (χ1n) is 11.1. The fourth-order valence-corrected chi connectivity index (χ4v) is 6.01. The van der Waals surface area contributed by atoms with Crippen molar-refractivity contribution in [3.8, 4) is 11.5 Å². The summed E-state index contributed by atoms with van der Waals surface area (Å²) >= 11 is 0. The Hall–Kier alpha value is -3.06. The first kappa shape index (κ1) is 20.8. The molecule has 0 bridgehead atoms. The van der Waals surface area contributed by atoms with Crippen molar-refractivity contribution >= 4 is 23.2 Å². The molecule has 2 N–H and O–H groups in total. The average molecular weight is 436 g/mol. The van der Waals surface area contributed by atoms with Crippen LogP contribution in [0.25, 0.3) is 0 Å². The van der Waals surface area contributed by atoms with Crippen LogP contribution in [0.2, 0.25) is 0 Å². The van der Waals surface area contributed by atoms with Crippen molar-refractivity contribution in [2.24, 2.45) is 5.92 Å². The minimum atomic E-state index is -0.983. The van der Waals surface area contributed by atoms with Crippen LogP contribution in [0.3, 0.4) is 0 Å². The predicted octanol–water partition coefficient (Wildman–Crippen LogP) is 3.59. The number of nitrogens with one attached hydrogen (secondary N) is 2. The summed E-state index contributed by atoms with van der Waals surface area (Å²) in [4.78, 5) is 29.7. The van der Waals surface area contributed by atoms with Crippen LogP contribution in [0.4, 0.5) is 11.4 Å². The Labute approximate surface area is 188 Å². The molecule has 3 aliphatic rings. The molecule has 2 aromatic rings. The second-order valence-corrected chi connectivity index (χ2v) is 9.06. The van der Waals surface area contributed by atoms with Crippen LogP contribution in [-0.2, 0) is 15.1 Å². The summed E-state index contributed by atoms with van der Waals surface area (Å²) in [5, 5.41) is 6.17. The molecule has 2 saturated heterocycles. The fourth-order valence-electron chi connectivity index (χ4n) is 6.01. The molecule has 2 aromatic carbocycles. The Morgan fingerprint density at radius 2 is 2.00 bits per heavy atom. The van der Waals surface area contributed by atoms with Gasteiger partial charge in [-0.3, -0.25) is 14.5 Å². The van der Waals surface area contributed by atoms with E-state index in [1.807, 2.05) is 13.8 Å². The number of aryl methyl sites for hydroxylation is 2. The fraction of sp³-hybridized carbons (Fsp3) is 0.440. The Kier molecular flexibility index (Phi) is 4.89. The molecule has 7 nitrogen and oxygen atoms in total. The van der Waals surface area contributed by atoms with Gasteiger partial charge in [-0.05, 0) is 57.4 Å². The topological polar surface area (TPSA) is 79.9 Å². The van der Waals surface area contributed by atoms with Crippen LogP contribution < -0.4 is 20.1 Å². The molecule has 0 aliphatic carbocycles. The molecule has 168 valence electrons. The van der Waals surface area contributed by atoms with Gasteiger partial charge < -0.3 is 20.1 Å². The van der Waals surface area contributed by atoms with Crippen molar-refractivity contribution < 1.29 is 19.1 Å². The highest BCUT2D eigenvalue weighted by atomic mass is 16.5. The van der Waals surface area contributed by atoms with Crippen LogP contribution in [0, 0.1) is 19.8 Å². The first-order valence-corrected chi connectivity index (χ1v) is 11.1. The molecule has 7 heteroatoms. The lowest BCUT2D eigenvalue weighted by Gasteiger charge is -2.36. The van der Waals surface area contributed by atoms with E-state index in [0.29, 0.717) is 23.6 Å². The number of benzene rings is 2. The summed E-state index contributed by atoms with van der Waals surface area (Å²) < 4.78 is 10.8. The van der Waals surface area contributed by atoms with Crippen LogP contribution >= 0.6 is 0 Å². The van der Waals surface area contributed by atoms with E-state index in [4.69, 9.17) is 9.47 Å². The van der Waals surface area contributed by atoms with Gasteiger partial charge in [0.05, 0.1) is 25.8 Å². The van der Waals surface area contributed by atoms with Gasteiger partial charge >= 0.3 is 0 Å². The number of ether oxygens (including phenoxy) is 2. The van der Waals surface area contributed by atoms with E-state index < -0.39 is 11.5 Å². The van der Waals surface area contributed by atoms with E-state index in [9.17, 15) is 9.59 Å². The standard InChI is InChI=1S/C25H29N3O4/c1-14-10-15(2)22-18(11-14)25(24(30)27-22)19(12-16-6-5-9-28(16)25)23(29)26-20-13-17(31-3)7-8-21(20)32-4/h7-8,10-11,13,16,19H,5-6,9,12H2,1-4H3,(H,26,29)(H,27,30). The number of fused-ring (bicyclic) bond motifs is 4. The quantitative estimate of drug-likeness (QED) is 0.767. The van der Waals surface area contributed by atoms with Gasteiger partial charge in [-0.15, -0.1) is 0 Å². The summed E-state index contributed by atoms with van der Waals surface area (Å²) in [7, 11) is 3.15. The number of amides is 2. The number of hydrogen-bond acceptors (Lipinski definition) is 5. The molecule has 3 unspecified atom stereocenters. The summed E-state index contributed by atoms with van der Waals surface area (Å²) in [6, 6.07) is 9.67. The van der Waals surface area contributed by atoms with Gasteiger partial charge in [-0.1, -0.05) is 17.7 Å². The van der Waals surface area contributed by atoms with Gasteiger partial charge in [0.15, 0.2) is 0 Å². The van der Waals surface area contributed by atoms with Gasteiger partial charge in [0, 0.05) is 23.4 Å². The normalized spacial score (nSPS) is 26.1. The summed E-state index contributed by atoms with van der Waals surface area (Å²) in [5.41, 5.74) is 3.46. The molecule has 32 heavy (non-hydrogen) atoms. The number of carbonyl (C=O) groups excluding carboxylic acids is 2. The molecule has 3 atom stereocenters. The van der Waals surface area contributed by atoms with E-state index in [1.54, 1.807) is 32.4 Å². The Morgan fingerprint density at radius 3 is 2.75 bits per heavy atom. The second kappa shape index (κ2) is 7.52. The molecule has 0 saturated carbocycles. The molecule has 2 fully saturated rings. The third-order valence-corrected chi connectivity index (χ3v) is 7.30. The third-order valence-electron chi connectivity index (χ3n) is 7.30. The zero-order chi connectivity index (χ0) is 22.6. The van der Waals surface area contributed by atoms with E-state index in [0.717, 1.165) is 41.8 Å². The van der Waals surface area contributed by atoms with Crippen molar-refractivity contribution in [2.75, 3.05) is 31.4 Å². The molecule has 0 radical (unpaired) electrons. The maximum absolute atomic E-state index is 13.8. The van der Waals surface area contributed by atoms with Crippen LogP contribution in [-0.4, -0.2) is 43.5 Å². The Morgan fingerprint density at radius 1 is 1.19 bits per heavy atom. The molecular formula is C25H29N3O4. The van der Waals surface area contributed by atoms with Crippen molar-refractivity contribution in [3.63, 3.8) is 0 Å². The Balaban J connectivity index is 1.60. The highest BCUT2D eigenvalue weighted by Crippen LogP contribution is 2.56. The molecule has 1 spiro atoms. The zero-order valence-corrected chi connectivity index (χ0v) is 19.0. The molecule has 0 aromatic heterocycles. The van der Waals surface area contributed by atoms with Gasteiger partial charge in [0.1, 0.15) is 17.0 Å². The predicted molar refractivity (Wildman–Crippen MR) is 122 cm³/mol.